The van der Waals surface area contributed by atoms with Crippen molar-refractivity contribution in [2.75, 3.05) is 6.54 Å². The van der Waals surface area contributed by atoms with Crippen LogP contribution in [-0.2, 0) is 14.8 Å². The molecule has 3 aliphatic rings. The predicted molar refractivity (Wildman–Crippen MR) is 90.8 cm³/mol. The van der Waals surface area contributed by atoms with Crippen LogP contribution in [0, 0.1) is 24.7 Å². The topological polar surface area (TPSA) is 66.5 Å². The molecule has 0 aromatic heterocycles. The molecule has 0 spiro atoms. The number of hydrogen-bond donors (Lipinski definition) is 1. The molecule has 2 aliphatic carbocycles. The lowest BCUT2D eigenvalue weighted by Gasteiger charge is -2.44. The maximum absolute atomic E-state index is 13.0. The van der Waals surface area contributed by atoms with Crippen LogP contribution in [0.15, 0.2) is 29.2 Å². The van der Waals surface area contributed by atoms with E-state index in [1.165, 1.54) is 0 Å². The van der Waals surface area contributed by atoms with Crippen molar-refractivity contribution in [1.29, 1.82) is 0 Å². The molecular weight excluding hydrogens is 324 g/mol. The monoisotopic (exact) mass is 348 g/mol. The summed E-state index contributed by atoms with van der Waals surface area (Å²) in [6, 6.07) is 6.91. The molecule has 1 amide bonds. The van der Waals surface area contributed by atoms with Crippen molar-refractivity contribution in [2.45, 2.75) is 50.1 Å². The summed E-state index contributed by atoms with van der Waals surface area (Å²) in [6.07, 6.45) is 2.75. The quantitative estimate of drug-likeness (QED) is 0.904. The van der Waals surface area contributed by atoms with Gasteiger partial charge in [-0.3, -0.25) is 4.79 Å². The number of rotatable bonds is 4. The SMILES string of the molecule is Cc1ccc(S(=O)(=O)N2CC[C@@H]3C[C@H](NC(=O)C4CC4C)[C@@H]32)cc1. The van der Waals surface area contributed by atoms with Gasteiger partial charge in [-0.2, -0.15) is 4.31 Å². The molecular formula is C18H24N2O3S. The smallest absolute Gasteiger partial charge is 0.243 e. The Balaban J connectivity index is 1.51. The number of hydrogen-bond acceptors (Lipinski definition) is 3. The van der Waals surface area contributed by atoms with Crippen LogP contribution >= 0.6 is 0 Å². The van der Waals surface area contributed by atoms with Gasteiger partial charge in [0.25, 0.3) is 0 Å². The Kier molecular flexibility index (Phi) is 3.73. The number of carbonyl (C=O) groups excluding carboxylic acids is 1. The Morgan fingerprint density at radius 2 is 1.88 bits per heavy atom. The van der Waals surface area contributed by atoms with Crippen molar-refractivity contribution < 1.29 is 13.2 Å². The minimum atomic E-state index is -3.49. The molecule has 2 saturated carbocycles. The zero-order valence-corrected chi connectivity index (χ0v) is 14.9. The molecule has 130 valence electrons. The van der Waals surface area contributed by atoms with Crippen LogP contribution in [0.1, 0.15) is 31.7 Å². The molecule has 1 heterocycles. The van der Waals surface area contributed by atoms with E-state index in [4.69, 9.17) is 0 Å². The van der Waals surface area contributed by atoms with Crippen LogP contribution in [0.5, 0.6) is 0 Å². The fraction of sp³-hybridized carbons (Fsp3) is 0.611. The van der Waals surface area contributed by atoms with Crippen LogP contribution in [-0.4, -0.2) is 37.3 Å². The summed E-state index contributed by atoms with van der Waals surface area (Å²) in [6.45, 7) is 4.58. The van der Waals surface area contributed by atoms with E-state index in [1.54, 1.807) is 16.4 Å². The Morgan fingerprint density at radius 1 is 1.21 bits per heavy atom. The number of carbonyl (C=O) groups is 1. The minimum absolute atomic E-state index is 0.0296. The summed E-state index contributed by atoms with van der Waals surface area (Å²) in [7, 11) is -3.49. The van der Waals surface area contributed by atoms with Gasteiger partial charge in [-0.15, -0.1) is 0 Å². The number of benzene rings is 1. The highest BCUT2D eigenvalue weighted by Gasteiger charge is 2.54. The first-order chi connectivity index (χ1) is 11.4. The molecule has 1 saturated heterocycles. The summed E-state index contributed by atoms with van der Waals surface area (Å²) in [5.74, 6) is 1.09. The second-order valence-electron chi connectivity index (χ2n) is 7.64. The average Bonchev–Trinajstić information content (AvgIpc) is 3.15. The molecule has 1 aromatic rings. The molecule has 1 aliphatic heterocycles. The van der Waals surface area contributed by atoms with Crippen LogP contribution in [0.3, 0.4) is 0 Å². The zero-order chi connectivity index (χ0) is 17.1. The number of nitrogens with zero attached hydrogens (tertiary/aromatic N) is 1. The van der Waals surface area contributed by atoms with Gasteiger partial charge >= 0.3 is 0 Å². The van der Waals surface area contributed by atoms with E-state index < -0.39 is 10.0 Å². The normalized spacial score (nSPS) is 35.2. The Labute approximate surface area is 143 Å². The van der Waals surface area contributed by atoms with E-state index in [0.717, 1.165) is 24.8 Å². The van der Waals surface area contributed by atoms with Gasteiger partial charge in [0.2, 0.25) is 15.9 Å². The van der Waals surface area contributed by atoms with E-state index in [0.29, 0.717) is 23.3 Å². The van der Waals surface area contributed by atoms with Gasteiger partial charge in [-0.1, -0.05) is 24.6 Å². The Bertz CT molecular complexity index is 759. The largest absolute Gasteiger partial charge is 0.351 e. The van der Waals surface area contributed by atoms with Crippen molar-refractivity contribution in [3.8, 4) is 0 Å². The van der Waals surface area contributed by atoms with E-state index in [1.807, 2.05) is 19.1 Å². The molecule has 3 fully saturated rings. The summed E-state index contributed by atoms with van der Waals surface area (Å²) in [5.41, 5.74) is 1.04. The molecule has 2 unspecified atom stereocenters. The van der Waals surface area contributed by atoms with Crippen molar-refractivity contribution in [1.82, 2.24) is 9.62 Å². The van der Waals surface area contributed by atoms with Crippen molar-refractivity contribution in [3.63, 3.8) is 0 Å². The third kappa shape index (κ3) is 2.56. The fourth-order valence-electron chi connectivity index (χ4n) is 4.15. The lowest BCUT2D eigenvalue weighted by molar-refractivity contribution is -0.124. The van der Waals surface area contributed by atoms with E-state index >= 15 is 0 Å². The standard InChI is InChI=1S/C18H24N2O3S/c1-11-3-5-14(6-4-11)24(22,23)20-8-7-13-10-16(17(13)20)19-18(21)15-9-12(15)2/h3-6,12-13,15-17H,7-10H2,1-2H3,(H,19,21)/t12?,13-,15?,16+,17-/m1/s1. The molecule has 0 bridgehead atoms. The molecule has 6 heteroatoms. The summed E-state index contributed by atoms with van der Waals surface area (Å²) < 4.78 is 27.6. The highest BCUT2D eigenvalue weighted by atomic mass is 32.2. The number of amides is 1. The van der Waals surface area contributed by atoms with E-state index in [2.05, 4.69) is 12.2 Å². The van der Waals surface area contributed by atoms with Crippen molar-refractivity contribution in [3.05, 3.63) is 29.8 Å². The average molecular weight is 348 g/mol. The number of nitrogens with one attached hydrogen (secondary N) is 1. The van der Waals surface area contributed by atoms with E-state index in [9.17, 15) is 13.2 Å². The number of sulfonamides is 1. The van der Waals surface area contributed by atoms with Gasteiger partial charge < -0.3 is 5.32 Å². The third-order valence-electron chi connectivity index (χ3n) is 5.91. The second kappa shape index (κ2) is 5.56. The second-order valence-corrected chi connectivity index (χ2v) is 9.53. The van der Waals surface area contributed by atoms with Gasteiger partial charge in [0.15, 0.2) is 0 Å². The molecule has 24 heavy (non-hydrogen) atoms. The van der Waals surface area contributed by atoms with Gasteiger partial charge in [-0.05, 0) is 50.2 Å². The first-order valence-corrected chi connectivity index (χ1v) is 10.2. The maximum atomic E-state index is 13.0. The van der Waals surface area contributed by atoms with Crippen LogP contribution in [0.25, 0.3) is 0 Å². The maximum Gasteiger partial charge on any atom is 0.243 e. The van der Waals surface area contributed by atoms with Gasteiger partial charge in [0.1, 0.15) is 0 Å². The van der Waals surface area contributed by atoms with Gasteiger partial charge in [0, 0.05) is 24.5 Å². The lowest BCUT2D eigenvalue weighted by Crippen LogP contribution is -2.60. The fourth-order valence-corrected chi connectivity index (χ4v) is 5.89. The van der Waals surface area contributed by atoms with Crippen LogP contribution < -0.4 is 5.32 Å². The first-order valence-electron chi connectivity index (χ1n) is 8.77. The van der Waals surface area contributed by atoms with Crippen LogP contribution in [0.4, 0.5) is 0 Å². The Morgan fingerprint density at radius 3 is 2.50 bits per heavy atom. The van der Waals surface area contributed by atoms with E-state index in [-0.39, 0.29) is 23.9 Å². The first kappa shape index (κ1) is 16.1. The lowest BCUT2D eigenvalue weighted by atomic mass is 9.76. The Hall–Kier alpha value is -1.40. The van der Waals surface area contributed by atoms with Gasteiger partial charge in [0.05, 0.1) is 4.90 Å². The molecule has 1 N–H and O–H groups in total. The van der Waals surface area contributed by atoms with Crippen LogP contribution in [0.2, 0.25) is 0 Å². The van der Waals surface area contributed by atoms with Gasteiger partial charge in [-0.25, -0.2) is 8.42 Å². The molecule has 5 nitrogen and oxygen atoms in total. The predicted octanol–water partition coefficient (Wildman–Crippen LogP) is 1.92. The zero-order valence-electron chi connectivity index (χ0n) is 14.1. The molecule has 0 radical (unpaired) electrons. The molecule has 4 rings (SSSR count). The highest BCUT2D eigenvalue weighted by molar-refractivity contribution is 7.89. The van der Waals surface area contributed by atoms with Crippen molar-refractivity contribution in [2.24, 2.45) is 17.8 Å². The van der Waals surface area contributed by atoms with Crippen molar-refractivity contribution >= 4 is 15.9 Å². The highest BCUT2D eigenvalue weighted by Crippen LogP contribution is 2.44. The summed E-state index contributed by atoms with van der Waals surface area (Å²) in [5, 5.41) is 3.10. The summed E-state index contributed by atoms with van der Waals surface area (Å²) in [4.78, 5) is 12.5. The third-order valence-corrected chi connectivity index (χ3v) is 7.82. The minimum Gasteiger partial charge on any atom is -0.351 e. The summed E-state index contributed by atoms with van der Waals surface area (Å²) >= 11 is 0. The molecule has 1 aromatic carbocycles. The molecule has 5 atom stereocenters. The number of aryl methyl sites for hydroxylation is 1. The number of fused-ring (bicyclic) bond motifs is 1.